The topological polar surface area (TPSA) is 77.8 Å². The zero-order valence-electron chi connectivity index (χ0n) is 8.07. The summed E-state index contributed by atoms with van der Waals surface area (Å²) in [5, 5.41) is 27.7. The number of hydrogen-bond donors (Lipinski definition) is 3. The van der Waals surface area contributed by atoms with E-state index in [-0.39, 0.29) is 0 Å². The van der Waals surface area contributed by atoms with Crippen LogP contribution in [0.1, 0.15) is 38.5 Å². The largest absolute Gasteiger partial charge is 0.481 e. The third-order valence-electron chi connectivity index (χ3n) is 4.31. The van der Waals surface area contributed by atoms with E-state index in [0.29, 0.717) is 38.5 Å². The van der Waals surface area contributed by atoms with Gasteiger partial charge in [-0.2, -0.15) is 0 Å². The lowest BCUT2D eigenvalue weighted by Crippen LogP contribution is -2.50. The van der Waals surface area contributed by atoms with Gasteiger partial charge in [-0.25, -0.2) is 0 Å². The number of carboxylic acid groups (broad SMARTS) is 1. The first-order valence-corrected chi connectivity index (χ1v) is 5.10. The van der Waals surface area contributed by atoms with Gasteiger partial charge in [-0.1, -0.05) is 0 Å². The van der Waals surface area contributed by atoms with Crippen LogP contribution in [0.3, 0.4) is 0 Å². The predicted molar refractivity (Wildman–Crippen MR) is 48.4 cm³/mol. The Morgan fingerprint density at radius 3 is 1.71 bits per heavy atom. The van der Waals surface area contributed by atoms with Crippen LogP contribution in [0.2, 0.25) is 0 Å². The molecule has 0 atom stereocenters. The maximum atomic E-state index is 11.1. The highest BCUT2D eigenvalue weighted by atomic mass is 16.5. The number of carbonyl (C=O) groups is 1. The van der Waals surface area contributed by atoms with E-state index in [1.54, 1.807) is 0 Å². The van der Waals surface area contributed by atoms with Gasteiger partial charge in [0, 0.05) is 5.41 Å². The molecule has 0 aromatic carbocycles. The summed E-state index contributed by atoms with van der Waals surface area (Å²) in [6.07, 6.45) is 2.42. The molecule has 0 aliphatic heterocycles. The fourth-order valence-corrected chi connectivity index (χ4v) is 2.92. The van der Waals surface area contributed by atoms with Crippen molar-refractivity contribution in [3.05, 3.63) is 0 Å². The van der Waals surface area contributed by atoms with E-state index >= 15 is 0 Å². The van der Waals surface area contributed by atoms with Gasteiger partial charge in [-0.05, 0) is 38.5 Å². The van der Waals surface area contributed by atoms with Gasteiger partial charge in [-0.15, -0.1) is 0 Å². The molecule has 0 heterocycles. The molecule has 3 N–H and O–H groups in total. The van der Waals surface area contributed by atoms with Gasteiger partial charge in [0.2, 0.25) is 0 Å². The quantitative estimate of drug-likeness (QED) is 0.574. The molecule has 3 aliphatic rings. The van der Waals surface area contributed by atoms with E-state index in [4.69, 9.17) is 5.11 Å². The summed E-state index contributed by atoms with van der Waals surface area (Å²) in [7, 11) is 0. The van der Waals surface area contributed by atoms with Gasteiger partial charge in [0.15, 0.2) is 6.29 Å². The van der Waals surface area contributed by atoms with Crippen molar-refractivity contribution < 1.29 is 20.1 Å². The monoisotopic (exact) mass is 200 g/mol. The molecule has 3 fully saturated rings. The van der Waals surface area contributed by atoms with Crippen LogP contribution in [0.4, 0.5) is 0 Å². The van der Waals surface area contributed by atoms with Crippen LogP contribution in [0, 0.1) is 10.8 Å². The summed E-state index contributed by atoms with van der Waals surface area (Å²) in [6, 6.07) is 0. The van der Waals surface area contributed by atoms with Crippen LogP contribution in [-0.2, 0) is 4.79 Å². The first kappa shape index (κ1) is 9.93. The average molecular weight is 200 g/mol. The number of rotatable bonds is 2. The molecule has 4 nitrogen and oxygen atoms in total. The molecule has 3 saturated carbocycles. The van der Waals surface area contributed by atoms with E-state index in [1.165, 1.54) is 0 Å². The lowest BCUT2D eigenvalue weighted by atomic mass is 9.53. The van der Waals surface area contributed by atoms with E-state index in [9.17, 15) is 15.0 Å². The highest BCUT2D eigenvalue weighted by Crippen LogP contribution is 2.57. The molecule has 4 heteroatoms. The van der Waals surface area contributed by atoms with Crippen molar-refractivity contribution in [2.24, 2.45) is 10.8 Å². The third-order valence-corrected chi connectivity index (χ3v) is 4.31. The van der Waals surface area contributed by atoms with Crippen molar-refractivity contribution in [2.75, 3.05) is 0 Å². The lowest BCUT2D eigenvalue weighted by molar-refractivity contribution is -0.195. The molecule has 0 aromatic heterocycles. The van der Waals surface area contributed by atoms with E-state index < -0.39 is 23.1 Å². The molecule has 0 radical (unpaired) electrons. The Bertz CT molecular complexity index is 234. The van der Waals surface area contributed by atoms with Crippen molar-refractivity contribution in [3.63, 3.8) is 0 Å². The van der Waals surface area contributed by atoms with Gasteiger partial charge < -0.3 is 15.3 Å². The summed E-state index contributed by atoms with van der Waals surface area (Å²) in [6.45, 7) is 0. The smallest absolute Gasteiger partial charge is 0.309 e. The van der Waals surface area contributed by atoms with Crippen LogP contribution in [-0.4, -0.2) is 27.6 Å². The highest BCUT2D eigenvalue weighted by molar-refractivity contribution is 5.75. The second-order valence-corrected chi connectivity index (χ2v) is 4.82. The van der Waals surface area contributed by atoms with Crippen molar-refractivity contribution >= 4 is 5.97 Å². The number of carboxylic acids is 1. The molecule has 3 aliphatic carbocycles. The number of aliphatic carboxylic acids is 1. The predicted octanol–water partition coefficient (Wildman–Crippen LogP) is 0.722. The molecule has 80 valence electrons. The molecular formula is C10H16O4. The van der Waals surface area contributed by atoms with Crippen LogP contribution in [0.5, 0.6) is 0 Å². The Balaban J connectivity index is 2.17. The maximum Gasteiger partial charge on any atom is 0.309 e. The minimum atomic E-state index is -1.28. The number of aliphatic hydroxyl groups is 2. The molecule has 14 heavy (non-hydrogen) atoms. The highest BCUT2D eigenvalue weighted by Gasteiger charge is 2.54. The fraction of sp³-hybridized carbons (Fsp3) is 0.900. The molecule has 2 bridgehead atoms. The first-order valence-electron chi connectivity index (χ1n) is 5.10. The Morgan fingerprint density at radius 2 is 1.43 bits per heavy atom. The molecule has 0 amide bonds. The van der Waals surface area contributed by atoms with Crippen LogP contribution >= 0.6 is 0 Å². The first-order chi connectivity index (χ1) is 6.51. The lowest BCUT2D eigenvalue weighted by Gasteiger charge is -2.51. The number of aliphatic hydroxyl groups excluding tert-OH is 1. The molecular weight excluding hydrogens is 184 g/mol. The minimum Gasteiger partial charge on any atom is -0.481 e. The van der Waals surface area contributed by atoms with E-state index in [2.05, 4.69) is 0 Å². The standard InChI is InChI=1S/C10H16O4/c11-7(12)9-1-2-10(5-3-9,6-4-9)8(13)14/h7,11-12H,1-6H2,(H,13,14). The third kappa shape index (κ3) is 1.17. The maximum absolute atomic E-state index is 11.1. The van der Waals surface area contributed by atoms with Crippen molar-refractivity contribution in [1.29, 1.82) is 0 Å². The zero-order chi connectivity index (χ0) is 10.4. The van der Waals surface area contributed by atoms with Gasteiger partial charge in [0.1, 0.15) is 0 Å². The second kappa shape index (κ2) is 2.94. The summed E-state index contributed by atoms with van der Waals surface area (Å²) < 4.78 is 0. The van der Waals surface area contributed by atoms with Gasteiger partial charge >= 0.3 is 5.97 Å². The molecule has 0 spiro atoms. The Hall–Kier alpha value is -0.610. The normalized spacial score (nSPS) is 41.6. The number of hydrogen-bond acceptors (Lipinski definition) is 3. The Kier molecular flexibility index (Phi) is 2.08. The Labute approximate surface area is 82.6 Å². The molecule has 3 rings (SSSR count). The van der Waals surface area contributed by atoms with E-state index in [1.807, 2.05) is 0 Å². The Morgan fingerprint density at radius 1 is 1.00 bits per heavy atom. The van der Waals surface area contributed by atoms with Gasteiger partial charge in [0.25, 0.3) is 0 Å². The van der Waals surface area contributed by atoms with Crippen LogP contribution in [0.25, 0.3) is 0 Å². The van der Waals surface area contributed by atoms with Gasteiger partial charge in [0.05, 0.1) is 5.41 Å². The summed E-state index contributed by atoms with van der Waals surface area (Å²) in [5.74, 6) is -0.710. The molecule has 0 saturated heterocycles. The minimum absolute atomic E-state index is 0.406. The molecule has 0 aromatic rings. The number of fused-ring (bicyclic) bond motifs is 3. The fourth-order valence-electron chi connectivity index (χ4n) is 2.92. The van der Waals surface area contributed by atoms with Crippen molar-refractivity contribution in [3.8, 4) is 0 Å². The van der Waals surface area contributed by atoms with Crippen LogP contribution < -0.4 is 0 Å². The summed E-state index contributed by atoms with van der Waals surface area (Å²) in [5.41, 5.74) is -0.964. The molecule has 0 unspecified atom stereocenters. The van der Waals surface area contributed by atoms with Gasteiger partial charge in [-0.3, -0.25) is 4.79 Å². The zero-order valence-corrected chi connectivity index (χ0v) is 8.07. The van der Waals surface area contributed by atoms with Crippen LogP contribution in [0.15, 0.2) is 0 Å². The van der Waals surface area contributed by atoms with Crippen molar-refractivity contribution in [1.82, 2.24) is 0 Å². The van der Waals surface area contributed by atoms with E-state index in [0.717, 1.165) is 0 Å². The SMILES string of the molecule is O=C(O)C12CCC(C(O)O)(CC1)CC2. The second-order valence-electron chi connectivity index (χ2n) is 4.82. The summed E-state index contributed by atoms with van der Waals surface area (Å²) in [4.78, 5) is 11.1. The average Bonchev–Trinajstić information content (AvgIpc) is 2.20. The summed E-state index contributed by atoms with van der Waals surface area (Å²) >= 11 is 0. The van der Waals surface area contributed by atoms with Crippen molar-refractivity contribution in [2.45, 2.75) is 44.8 Å².